The van der Waals surface area contributed by atoms with Crippen molar-refractivity contribution in [3.63, 3.8) is 0 Å². The van der Waals surface area contributed by atoms with Gasteiger partial charge >= 0.3 is 0 Å². The Hall–Kier alpha value is -1.64. The second-order valence-electron chi connectivity index (χ2n) is 4.54. The largest absolute Gasteiger partial charge is 0.464 e. The van der Waals surface area contributed by atoms with Crippen LogP contribution in [0.2, 0.25) is 0 Å². The molecule has 0 aliphatic rings. The van der Waals surface area contributed by atoms with Crippen LogP contribution in [0.5, 0.6) is 0 Å². The third-order valence-electron chi connectivity index (χ3n) is 2.92. The molecule has 2 aromatic heterocycles. The minimum Gasteiger partial charge on any atom is -0.464 e. The van der Waals surface area contributed by atoms with Gasteiger partial charge in [-0.05, 0) is 20.9 Å². The lowest BCUT2D eigenvalue weighted by Crippen LogP contribution is -2.26. The van der Waals surface area contributed by atoms with E-state index < -0.39 is 10.0 Å². The van der Waals surface area contributed by atoms with Crippen LogP contribution < -0.4 is 10.0 Å². The number of hydrogen-bond acceptors (Lipinski definition) is 5. The number of H-pyrrole nitrogens is 1. The van der Waals surface area contributed by atoms with Crippen molar-refractivity contribution in [3.05, 3.63) is 35.5 Å². The van der Waals surface area contributed by atoms with Crippen LogP contribution in [0.25, 0.3) is 0 Å². The average molecular weight is 298 g/mol. The van der Waals surface area contributed by atoms with Crippen LogP contribution in [0.1, 0.15) is 30.0 Å². The third-order valence-corrected chi connectivity index (χ3v) is 4.56. The maximum atomic E-state index is 12.4. The van der Waals surface area contributed by atoms with Gasteiger partial charge in [-0.15, -0.1) is 0 Å². The lowest BCUT2D eigenvalue weighted by Gasteiger charge is -2.11. The first-order valence-electron chi connectivity index (χ1n) is 6.19. The van der Waals surface area contributed by atoms with E-state index in [0.717, 1.165) is 5.56 Å². The molecule has 110 valence electrons. The van der Waals surface area contributed by atoms with Crippen molar-refractivity contribution in [2.24, 2.45) is 0 Å². The fourth-order valence-corrected chi connectivity index (χ4v) is 3.35. The minimum atomic E-state index is -3.63. The van der Waals surface area contributed by atoms with E-state index in [4.69, 9.17) is 4.42 Å². The summed E-state index contributed by atoms with van der Waals surface area (Å²) in [4.78, 5) is 0.165. The van der Waals surface area contributed by atoms with Crippen LogP contribution in [0.4, 0.5) is 0 Å². The Morgan fingerprint density at radius 1 is 1.50 bits per heavy atom. The van der Waals surface area contributed by atoms with Crippen LogP contribution in [0, 0.1) is 6.92 Å². The van der Waals surface area contributed by atoms with Crippen LogP contribution in [-0.4, -0.2) is 25.7 Å². The molecule has 3 N–H and O–H groups in total. The van der Waals surface area contributed by atoms with Crippen molar-refractivity contribution < 1.29 is 12.8 Å². The maximum Gasteiger partial charge on any atom is 0.244 e. The molecule has 0 aromatic carbocycles. The van der Waals surface area contributed by atoms with Gasteiger partial charge in [-0.1, -0.05) is 0 Å². The molecule has 2 rings (SSSR count). The lowest BCUT2D eigenvalue weighted by molar-refractivity contribution is 0.465. The van der Waals surface area contributed by atoms with Gasteiger partial charge in [-0.3, -0.25) is 5.10 Å². The summed E-state index contributed by atoms with van der Waals surface area (Å²) in [5, 5.41) is 9.38. The summed E-state index contributed by atoms with van der Waals surface area (Å²) in [6.07, 6.45) is 3.24. The minimum absolute atomic E-state index is 0.165. The average Bonchev–Trinajstić information content (AvgIpc) is 2.98. The number of aromatic amines is 1. The van der Waals surface area contributed by atoms with Crippen LogP contribution in [0.15, 0.2) is 27.8 Å². The summed E-state index contributed by atoms with van der Waals surface area (Å²) < 4.78 is 32.7. The third kappa shape index (κ3) is 3.09. The maximum absolute atomic E-state index is 12.4. The highest BCUT2D eigenvalue weighted by molar-refractivity contribution is 7.89. The molecule has 7 nitrogen and oxygen atoms in total. The van der Waals surface area contributed by atoms with Crippen molar-refractivity contribution in [2.75, 3.05) is 7.05 Å². The number of sulfonamides is 1. The zero-order valence-corrected chi connectivity index (χ0v) is 12.4. The smallest absolute Gasteiger partial charge is 0.244 e. The molecule has 0 aliphatic carbocycles. The van der Waals surface area contributed by atoms with E-state index in [0.29, 0.717) is 18.1 Å². The van der Waals surface area contributed by atoms with Crippen LogP contribution in [-0.2, 0) is 16.6 Å². The Labute approximate surface area is 117 Å². The summed E-state index contributed by atoms with van der Waals surface area (Å²) in [5.74, 6) is 0.962. The van der Waals surface area contributed by atoms with Crippen LogP contribution >= 0.6 is 0 Å². The summed E-state index contributed by atoms with van der Waals surface area (Å²) in [6.45, 7) is 3.87. The molecule has 0 saturated heterocycles. The van der Waals surface area contributed by atoms with Crippen molar-refractivity contribution in [3.8, 4) is 0 Å². The molecule has 1 atom stereocenters. The first-order chi connectivity index (χ1) is 9.44. The van der Waals surface area contributed by atoms with Gasteiger partial charge in [0, 0.05) is 23.9 Å². The van der Waals surface area contributed by atoms with Crippen molar-refractivity contribution in [1.29, 1.82) is 0 Å². The van der Waals surface area contributed by atoms with Gasteiger partial charge in [0.15, 0.2) is 0 Å². The number of hydrogen-bond donors (Lipinski definition) is 3. The molecule has 2 aromatic rings. The fraction of sp³-hybridized carbons (Fsp3) is 0.417. The molecule has 2 heterocycles. The van der Waals surface area contributed by atoms with E-state index >= 15 is 0 Å². The van der Waals surface area contributed by atoms with Gasteiger partial charge in [0.25, 0.3) is 0 Å². The molecular weight excluding hydrogens is 280 g/mol. The zero-order valence-electron chi connectivity index (χ0n) is 11.6. The number of aromatic nitrogens is 2. The number of rotatable bonds is 6. The second-order valence-corrected chi connectivity index (χ2v) is 6.22. The number of nitrogens with zero attached hydrogens (tertiary/aromatic N) is 1. The Balaban J connectivity index is 2.22. The van der Waals surface area contributed by atoms with Gasteiger partial charge in [0.1, 0.15) is 16.4 Å². The summed E-state index contributed by atoms with van der Waals surface area (Å²) in [5.41, 5.74) is 0.769. The summed E-state index contributed by atoms with van der Waals surface area (Å²) >= 11 is 0. The molecule has 8 heteroatoms. The Bertz CT molecular complexity index is 661. The molecule has 0 fully saturated rings. The van der Waals surface area contributed by atoms with Crippen molar-refractivity contribution in [2.45, 2.75) is 31.3 Å². The predicted octanol–water partition coefficient (Wildman–Crippen LogP) is 1.07. The molecule has 0 saturated carbocycles. The Morgan fingerprint density at radius 3 is 2.85 bits per heavy atom. The summed E-state index contributed by atoms with van der Waals surface area (Å²) in [6, 6.07) is 1.16. The van der Waals surface area contributed by atoms with Gasteiger partial charge in [-0.25, -0.2) is 13.1 Å². The normalized spacial score (nSPS) is 13.6. The molecule has 0 spiro atoms. The van der Waals surface area contributed by atoms with Gasteiger partial charge < -0.3 is 9.73 Å². The molecule has 0 aliphatic heterocycles. The van der Waals surface area contributed by atoms with Gasteiger partial charge in [0.05, 0.1) is 12.7 Å². The molecule has 0 radical (unpaired) electrons. The number of furan rings is 1. The van der Waals surface area contributed by atoms with E-state index in [2.05, 4.69) is 20.2 Å². The van der Waals surface area contributed by atoms with E-state index in [1.54, 1.807) is 33.3 Å². The SMILES string of the molecule is CNCc1cc(S(=O)(=O)NC(C)c2cn[nH]c2)c(C)o1. The summed E-state index contributed by atoms with van der Waals surface area (Å²) in [7, 11) is -1.86. The lowest BCUT2D eigenvalue weighted by atomic mass is 10.2. The second kappa shape index (κ2) is 5.78. The highest BCUT2D eigenvalue weighted by Gasteiger charge is 2.24. The van der Waals surface area contributed by atoms with Crippen molar-refractivity contribution in [1.82, 2.24) is 20.2 Å². The first-order valence-corrected chi connectivity index (χ1v) is 7.67. The molecular formula is C12H18N4O3S. The zero-order chi connectivity index (χ0) is 14.8. The first kappa shape index (κ1) is 14.8. The van der Waals surface area contributed by atoms with E-state index in [9.17, 15) is 8.42 Å². The molecule has 0 bridgehead atoms. The Kier molecular flexibility index (Phi) is 4.26. The van der Waals surface area contributed by atoms with E-state index in [1.165, 1.54) is 6.07 Å². The van der Waals surface area contributed by atoms with Gasteiger partial charge in [0.2, 0.25) is 10.0 Å². The molecule has 1 unspecified atom stereocenters. The number of nitrogens with one attached hydrogen (secondary N) is 3. The Morgan fingerprint density at radius 2 is 2.25 bits per heavy atom. The van der Waals surface area contributed by atoms with Crippen molar-refractivity contribution >= 4 is 10.0 Å². The van der Waals surface area contributed by atoms with Crippen LogP contribution in [0.3, 0.4) is 0 Å². The fourth-order valence-electron chi connectivity index (χ4n) is 1.91. The predicted molar refractivity (Wildman–Crippen MR) is 73.5 cm³/mol. The molecule has 20 heavy (non-hydrogen) atoms. The monoisotopic (exact) mass is 298 g/mol. The van der Waals surface area contributed by atoms with E-state index in [-0.39, 0.29) is 10.9 Å². The van der Waals surface area contributed by atoms with Gasteiger partial charge in [-0.2, -0.15) is 5.10 Å². The molecule has 0 amide bonds. The van der Waals surface area contributed by atoms with E-state index in [1.807, 2.05) is 0 Å². The number of aryl methyl sites for hydroxylation is 1. The standard InChI is InChI=1S/C12H18N4O3S/c1-8(10-5-14-15-6-10)16-20(17,18)12-4-11(7-13-3)19-9(12)2/h4-6,8,13,16H,7H2,1-3H3,(H,14,15). The highest BCUT2D eigenvalue weighted by atomic mass is 32.2. The quantitative estimate of drug-likeness (QED) is 0.740. The topological polar surface area (TPSA) is 100 Å². The highest BCUT2D eigenvalue weighted by Crippen LogP contribution is 2.22.